The summed E-state index contributed by atoms with van der Waals surface area (Å²) in [6.45, 7) is 7.26. The first-order chi connectivity index (χ1) is 16.9. The molecule has 0 saturated heterocycles. The number of benzene rings is 2. The van der Waals surface area contributed by atoms with Gasteiger partial charge in [0.25, 0.3) is 0 Å². The molecule has 188 valence electrons. The predicted octanol–water partition coefficient (Wildman–Crippen LogP) is 6.52. The summed E-state index contributed by atoms with van der Waals surface area (Å²) >= 11 is 3.59. The number of hydrogen-bond acceptors (Lipinski definition) is 4. The van der Waals surface area contributed by atoms with E-state index in [9.17, 15) is 9.59 Å². The van der Waals surface area contributed by atoms with E-state index in [1.54, 1.807) is 0 Å². The zero-order valence-electron chi connectivity index (χ0n) is 21.2. The van der Waals surface area contributed by atoms with Gasteiger partial charge in [0, 0.05) is 16.7 Å². The van der Waals surface area contributed by atoms with Crippen molar-refractivity contribution in [2.75, 3.05) is 17.2 Å². The van der Waals surface area contributed by atoms with Crippen molar-refractivity contribution in [2.45, 2.75) is 81.2 Å². The molecule has 2 aromatic rings. The van der Waals surface area contributed by atoms with E-state index in [0.717, 1.165) is 33.6 Å². The first-order valence-electron chi connectivity index (χ1n) is 13.0. The van der Waals surface area contributed by atoms with Crippen LogP contribution >= 0.6 is 23.5 Å². The highest BCUT2D eigenvalue weighted by molar-refractivity contribution is 8.01. The van der Waals surface area contributed by atoms with Crippen molar-refractivity contribution in [3.8, 4) is 0 Å². The normalized spacial score (nSPS) is 19.3. The molecule has 1 N–H and O–H groups in total. The number of rotatable bonds is 9. The van der Waals surface area contributed by atoms with Crippen LogP contribution in [0.25, 0.3) is 0 Å². The Morgan fingerprint density at radius 3 is 2.71 bits per heavy atom. The molecule has 1 aliphatic heterocycles. The third kappa shape index (κ3) is 6.65. The lowest BCUT2D eigenvalue weighted by atomic mass is 10.0. The Morgan fingerprint density at radius 1 is 1.14 bits per heavy atom. The van der Waals surface area contributed by atoms with Crippen molar-refractivity contribution in [1.29, 1.82) is 0 Å². The zero-order valence-corrected chi connectivity index (χ0v) is 22.9. The number of carbonyl (C=O) groups excluding carboxylic acids is 2. The molecule has 1 heterocycles. The van der Waals surface area contributed by atoms with Gasteiger partial charge in [0.2, 0.25) is 11.8 Å². The van der Waals surface area contributed by atoms with Crippen molar-refractivity contribution in [3.05, 3.63) is 59.2 Å². The van der Waals surface area contributed by atoms with Gasteiger partial charge in [-0.25, -0.2) is 0 Å². The minimum Gasteiger partial charge on any atom is -0.356 e. The van der Waals surface area contributed by atoms with Gasteiger partial charge in [-0.15, -0.1) is 11.8 Å². The van der Waals surface area contributed by atoms with Crippen LogP contribution in [0.15, 0.2) is 47.4 Å². The number of nitrogens with one attached hydrogen (secondary N) is 1. The highest BCUT2D eigenvalue weighted by Gasteiger charge is 2.39. The number of thioether (sulfide) groups is 2. The molecule has 0 bridgehead atoms. The molecule has 2 amide bonds. The molecule has 1 aliphatic carbocycles. The summed E-state index contributed by atoms with van der Waals surface area (Å²) in [5.74, 6) is 0.690. The maximum Gasteiger partial charge on any atom is 0.241 e. The molecule has 4 rings (SSSR count). The van der Waals surface area contributed by atoms with Crippen molar-refractivity contribution in [3.63, 3.8) is 0 Å². The van der Waals surface area contributed by atoms with Crippen LogP contribution in [-0.2, 0) is 16.1 Å². The van der Waals surface area contributed by atoms with Gasteiger partial charge in [0.15, 0.2) is 0 Å². The minimum absolute atomic E-state index is 0.0186. The van der Waals surface area contributed by atoms with Crippen molar-refractivity contribution < 1.29 is 9.59 Å². The molecule has 1 saturated carbocycles. The van der Waals surface area contributed by atoms with Gasteiger partial charge in [-0.1, -0.05) is 62.1 Å². The summed E-state index contributed by atoms with van der Waals surface area (Å²) in [4.78, 5) is 29.7. The van der Waals surface area contributed by atoms with Gasteiger partial charge in [0.05, 0.1) is 18.2 Å². The number of aryl methyl sites for hydroxylation is 2. The second kappa shape index (κ2) is 12.4. The fourth-order valence-corrected chi connectivity index (χ4v) is 7.52. The predicted molar refractivity (Wildman–Crippen MR) is 149 cm³/mol. The van der Waals surface area contributed by atoms with Crippen LogP contribution in [0, 0.1) is 19.8 Å². The van der Waals surface area contributed by atoms with E-state index in [0.29, 0.717) is 13.1 Å². The van der Waals surface area contributed by atoms with E-state index in [-0.39, 0.29) is 11.8 Å². The number of anilines is 1. The summed E-state index contributed by atoms with van der Waals surface area (Å²) in [5, 5.41) is 3.49. The van der Waals surface area contributed by atoms with Gasteiger partial charge < -0.3 is 10.2 Å². The number of hydrogen-bond donors (Lipinski definition) is 1. The topological polar surface area (TPSA) is 49.4 Å². The summed E-state index contributed by atoms with van der Waals surface area (Å²) in [6, 6.07) is 14.4. The highest BCUT2D eigenvalue weighted by Crippen LogP contribution is 2.42. The van der Waals surface area contributed by atoms with Crippen LogP contribution in [-0.4, -0.2) is 34.6 Å². The van der Waals surface area contributed by atoms with E-state index in [1.807, 2.05) is 30.0 Å². The third-order valence-electron chi connectivity index (χ3n) is 7.15. The summed E-state index contributed by atoms with van der Waals surface area (Å²) in [5.41, 5.74) is 4.44. The van der Waals surface area contributed by atoms with Gasteiger partial charge in [-0.05, 0) is 62.1 Å². The largest absolute Gasteiger partial charge is 0.356 e. The number of nitrogens with zero attached hydrogens (tertiary/aromatic N) is 1. The summed E-state index contributed by atoms with van der Waals surface area (Å²) < 4.78 is 0. The average Bonchev–Trinajstić information content (AvgIpc) is 2.87. The molecule has 0 unspecified atom stereocenters. The van der Waals surface area contributed by atoms with Crippen LogP contribution in [0.3, 0.4) is 0 Å². The van der Waals surface area contributed by atoms with Crippen molar-refractivity contribution >= 4 is 41.0 Å². The fraction of sp³-hybridized carbons (Fsp3) is 0.517. The Morgan fingerprint density at radius 2 is 1.91 bits per heavy atom. The van der Waals surface area contributed by atoms with E-state index in [2.05, 4.69) is 55.2 Å². The second-order valence-electron chi connectivity index (χ2n) is 9.92. The molecule has 2 atom stereocenters. The Labute approximate surface area is 219 Å². The monoisotopic (exact) mass is 510 g/mol. The summed E-state index contributed by atoms with van der Waals surface area (Å²) in [7, 11) is 0. The molecular formula is C29H38N2O2S2. The molecule has 0 radical (unpaired) electrons. The quantitative estimate of drug-likeness (QED) is 0.390. The lowest BCUT2D eigenvalue weighted by Gasteiger charge is -2.36. The standard InChI is InChI=1S/C29H38N2O2S2/c1-20-14-15-21(2)23(18-20)19-31-25-12-7-8-13-26(25)35-27(29(31)33)22(3)28(32)30-16-9-17-34-24-10-5-4-6-11-24/h7-8,12-15,18,22,24,27H,4-6,9-11,16-17,19H2,1-3H3,(H,30,32)/t22-,27-/m0/s1. The number of para-hydroxylation sites is 1. The second-order valence-corrected chi connectivity index (χ2v) is 12.5. The maximum absolute atomic E-state index is 13.7. The van der Waals surface area contributed by atoms with E-state index < -0.39 is 11.2 Å². The van der Waals surface area contributed by atoms with Gasteiger partial charge in [-0.3, -0.25) is 9.59 Å². The van der Waals surface area contributed by atoms with E-state index in [1.165, 1.54) is 55.0 Å². The molecule has 6 heteroatoms. The molecule has 2 aromatic carbocycles. The molecule has 35 heavy (non-hydrogen) atoms. The van der Waals surface area contributed by atoms with E-state index in [4.69, 9.17) is 0 Å². The smallest absolute Gasteiger partial charge is 0.241 e. The molecular weight excluding hydrogens is 472 g/mol. The molecule has 4 nitrogen and oxygen atoms in total. The fourth-order valence-electron chi connectivity index (χ4n) is 4.92. The first kappa shape index (κ1) is 26.2. The summed E-state index contributed by atoms with van der Waals surface area (Å²) in [6.07, 6.45) is 7.78. The van der Waals surface area contributed by atoms with Crippen LogP contribution < -0.4 is 10.2 Å². The van der Waals surface area contributed by atoms with Crippen LogP contribution in [0.1, 0.15) is 62.1 Å². The van der Waals surface area contributed by atoms with Gasteiger partial charge in [0.1, 0.15) is 5.25 Å². The average molecular weight is 511 g/mol. The van der Waals surface area contributed by atoms with Crippen LogP contribution in [0.2, 0.25) is 0 Å². The Hall–Kier alpha value is -1.92. The van der Waals surface area contributed by atoms with Crippen LogP contribution in [0.4, 0.5) is 5.69 Å². The SMILES string of the molecule is Cc1ccc(C)c(CN2C(=O)[C@H]([C@H](C)C(=O)NCCCSC3CCCCC3)Sc3ccccc32)c1. The lowest BCUT2D eigenvalue weighted by Crippen LogP contribution is -2.47. The number of carbonyl (C=O) groups is 2. The highest BCUT2D eigenvalue weighted by atomic mass is 32.2. The minimum atomic E-state index is -0.424. The number of amides is 2. The van der Waals surface area contributed by atoms with Crippen molar-refractivity contribution in [1.82, 2.24) is 5.32 Å². The Balaban J connectivity index is 1.38. The maximum atomic E-state index is 13.7. The van der Waals surface area contributed by atoms with E-state index >= 15 is 0 Å². The zero-order chi connectivity index (χ0) is 24.8. The first-order valence-corrected chi connectivity index (χ1v) is 14.9. The lowest BCUT2D eigenvalue weighted by molar-refractivity contribution is -0.128. The Kier molecular flexibility index (Phi) is 9.23. The van der Waals surface area contributed by atoms with Crippen molar-refractivity contribution in [2.24, 2.45) is 5.92 Å². The number of fused-ring (bicyclic) bond motifs is 1. The molecule has 2 aliphatic rings. The third-order valence-corrected chi connectivity index (χ3v) is 10.1. The van der Waals surface area contributed by atoms with Crippen LogP contribution in [0.5, 0.6) is 0 Å². The molecule has 0 spiro atoms. The molecule has 0 aromatic heterocycles. The molecule has 1 fully saturated rings. The van der Waals surface area contributed by atoms with Gasteiger partial charge in [-0.2, -0.15) is 11.8 Å². The Bertz CT molecular complexity index is 1040. The van der Waals surface area contributed by atoms with Gasteiger partial charge >= 0.3 is 0 Å².